The number of rotatable bonds is 4. The molecule has 0 aliphatic carbocycles. The molecule has 1 amide bonds. The molecule has 1 heterocycles. The molecular weight excluding hydrogens is 218 g/mol. The van der Waals surface area contributed by atoms with Crippen molar-refractivity contribution in [1.82, 2.24) is 10.3 Å². The van der Waals surface area contributed by atoms with Crippen LogP contribution in [0.1, 0.15) is 12.5 Å². The highest BCUT2D eigenvalue weighted by Gasteiger charge is 2.12. The number of aromatic nitrogens is 1. The average Bonchev–Trinajstić information content (AvgIpc) is 2.28. The van der Waals surface area contributed by atoms with Crippen LogP contribution in [0.4, 0.5) is 11.5 Å². The Hall–Kier alpha value is -2.29. The summed E-state index contributed by atoms with van der Waals surface area (Å²) in [6.45, 7) is 2.58. The lowest BCUT2D eigenvalue weighted by Gasteiger charge is -2.18. The van der Waals surface area contributed by atoms with E-state index < -0.39 is 0 Å². The zero-order valence-corrected chi connectivity index (χ0v) is 9.90. The molecule has 0 spiro atoms. The topological polar surface area (TPSA) is 95.0 Å². The van der Waals surface area contributed by atoms with Crippen molar-refractivity contribution in [3.8, 4) is 6.07 Å². The van der Waals surface area contributed by atoms with Gasteiger partial charge in [0.05, 0.1) is 24.0 Å². The molecule has 3 N–H and O–H groups in total. The van der Waals surface area contributed by atoms with Crippen molar-refractivity contribution in [2.75, 3.05) is 30.8 Å². The van der Waals surface area contributed by atoms with Crippen LogP contribution < -0.4 is 16.0 Å². The monoisotopic (exact) mass is 233 g/mol. The lowest BCUT2D eigenvalue weighted by Crippen LogP contribution is -2.35. The number of hydrogen-bond donors (Lipinski definition) is 2. The van der Waals surface area contributed by atoms with E-state index in [0.717, 1.165) is 0 Å². The summed E-state index contributed by atoms with van der Waals surface area (Å²) in [5.74, 6) is 0.338. The number of carbonyl (C=O) groups excluding carboxylic acids is 1. The maximum Gasteiger partial charge on any atom is 0.239 e. The first-order valence-corrected chi connectivity index (χ1v) is 5.22. The minimum Gasteiger partial charge on any atom is -0.397 e. The normalized spacial score (nSPS) is 9.47. The molecule has 1 aromatic rings. The van der Waals surface area contributed by atoms with Gasteiger partial charge >= 0.3 is 0 Å². The van der Waals surface area contributed by atoms with E-state index in [9.17, 15) is 4.79 Å². The Balaban J connectivity index is 2.86. The van der Waals surface area contributed by atoms with Crippen LogP contribution >= 0.6 is 0 Å². The van der Waals surface area contributed by atoms with Gasteiger partial charge in [0.15, 0.2) is 0 Å². The second kappa shape index (κ2) is 5.70. The maximum absolute atomic E-state index is 11.4. The van der Waals surface area contributed by atoms with Crippen molar-refractivity contribution in [3.63, 3.8) is 0 Å². The molecular formula is C11H15N5O. The Morgan fingerprint density at radius 1 is 1.71 bits per heavy atom. The highest BCUT2D eigenvalue weighted by molar-refractivity contribution is 5.81. The van der Waals surface area contributed by atoms with Crippen LogP contribution in [0, 0.1) is 11.3 Å². The molecule has 1 rings (SSSR count). The Kier molecular flexibility index (Phi) is 4.29. The average molecular weight is 233 g/mol. The second-order valence-corrected chi connectivity index (χ2v) is 3.56. The van der Waals surface area contributed by atoms with Gasteiger partial charge in [-0.2, -0.15) is 5.26 Å². The number of nitrogens with zero attached hydrogens (tertiary/aromatic N) is 3. The first kappa shape index (κ1) is 12.8. The Bertz CT molecular complexity index is 452. The maximum atomic E-state index is 11.4. The van der Waals surface area contributed by atoms with E-state index >= 15 is 0 Å². The minimum absolute atomic E-state index is 0.113. The lowest BCUT2D eigenvalue weighted by atomic mass is 10.2. The van der Waals surface area contributed by atoms with E-state index in [4.69, 9.17) is 11.0 Å². The molecule has 0 saturated carbocycles. The first-order chi connectivity index (χ1) is 8.08. The molecule has 0 aliphatic heterocycles. The van der Waals surface area contributed by atoms with Gasteiger partial charge in [0, 0.05) is 13.6 Å². The van der Waals surface area contributed by atoms with Crippen LogP contribution in [0.2, 0.25) is 0 Å². The third-order valence-corrected chi connectivity index (χ3v) is 2.12. The van der Waals surface area contributed by atoms with E-state index in [0.29, 0.717) is 23.6 Å². The Morgan fingerprint density at radius 2 is 2.41 bits per heavy atom. The molecule has 0 radical (unpaired) electrons. The van der Waals surface area contributed by atoms with Crippen molar-refractivity contribution in [1.29, 1.82) is 5.26 Å². The van der Waals surface area contributed by atoms with E-state index in [1.807, 2.05) is 13.0 Å². The largest absolute Gasteiger partial charge is 0.397 e. The molecule has 6 nitrogen and oxygen atoms in total. The number of nitrogens with one attached hydrogen (secondary N) is 1. The molecule has 17 heavy (non-hydrogen) atoms. The summed E-state index contributed by atoms with van der Waals surface area (Å²) in [5.41, 5.74) is 6.33. The van der Waals surface area contributed by atoms with Gasteiger partial charge in [-0.1, -0.05) is 0 Å². The van der Waals surface area contributed by atoms with Crippen molar-refractivity contribution >= 4 is 17.4 Å². The van der Waals surface area contributed by atoms with Gasteiger partial charge in [-0.3, -0.25) is 4.79 Å². The van der Waals surface area contributed by atoms with Crippen molar-refractivity contribution in [2.45, 2.75) is 6.92 Å². The van der Waals surface area contributed by atoms with Crippen LogP contribution in [0.15, 0.2) is 12.3 Å². The predicted molar refractivity (Wildman–Crippen MR) is 65.3 cm³/mol. The lowest BCUT2D eigenvalue weighted by molar-refractivity contribution is -0.119. The smallest absolute Gasteiger partial charge is 0.239 e. The number of carbonyl (C=O) groups is 1. The number of nitriles is 1. The van der Waals surface area contributed by atoms with Gasteiger partial charge < -0.3 is 16.0 Å². The van der Waals surface area contributed by atoms with E-state index in [1.54, 1.807) is 11.9 Å². The number of nitrogen functional groups attached to an aromatic ring is 1. The quantitative estimate of drug-likeness (QED) is 0.769. The zero-order valence-electron chi connectivity index (χ0n) is 9.90. The summed E-state index contributed by atoms with van der Waals surface area (Å²) < 4.78 is 0. The molecule has 0 bridgehead atoms. The number of amides is 1. The summed E-state index contributed by atoms with van der Waals surface area (Å²) in [5, 5.41) is 11.6. The molecule has 0 aromatic carbocycles. The van der Waals surface area contributed by atoms with Crippen LogP contribution in [0.5, 0.6) is 0 Å². The van der Waals surface area contributed by atoms with Gasteiger partial charge in [0.1, 0.15) is 11.9 Å². The molecule has 0 fully saturated rings. The van der Waals surface area contributed by atoms with Crippen LogP contribution in [-0.4, -0.2) is 31.0 Å². The molecule has 0 saturated heterocycles. The van der Waals surface area contributed by atoms with Gasteiger partial charge in [-0.25, -0.2) is 4.98 Å². The van der Waals surface area contributed by atoms with E-state index in [1.165, 1.54) is 12.3 Å². The van der Waals surface area contributed by atoms with Gasteiger partial charge in [0.25, 0.3) is 0 Å². The van der Waals surface area contributed by atoms with Crippen molar-refractivity contribution in [2.24, 2.45) is 0 Å². The SMILES string of the molecule is CCNC(=O)CN(C)c1ncc(N)cc1C#N. The van der Waals surface area contributed by atoms with E-state index in [-0.39, 0.29) is 12.5 Å². The highest BCUT2D eigenvalue weighted by atomic mass is 16.2. The summed E-state index contributed by atoms with van der Waals surface area (Å²) in [6, 6.07) is 3.54. The molecule has 90 valence electrons. The summed E-state index contributed by atoms with van der Waals surface area (Å²) in [6.07, 6.45) is 1.46. The van der Waals surface area contributed by atoms with Gasteiger partial charge in [-0.15, -0.1) is 0 Å². The number of hydrogen-bond acceptors (Lipinski definition) is 5. The molecule has 1 aromatic heterocycles. The fourth-order valence-corrected chi connectivity index (χ4v) is 1.40. The summed E-state index contributed by atoms with van der Waals surface area (Å²) >= 11 is 0. The van der Waals surface area contributed by atoms with Crippen LogP contribution in [-0.2, 0) is 4.79 Å². The molecule has 0 aliphatic rings. The Labute approximate surface area is 100 Å². The fraction of sp³-hybridized carbons (Fsp3) is 0.364. The third-order valence-electron chi connectivity index (χ3n) is 2.12. The van der Waals surface area contributed by atoms with E-state index in [2.05, 4.69) is 10.3 Å². The van der Waals surface area contributed by atoms with Gasteiger partial charge in [0.2, 0.25) is 5.91 Å². The summed E-state index contributed by atoms with van der Waals surface area (Å²) in [4.78, 5) is 17.1. The molecule has 6 heteroatoms. The number of nitrogens with two attached hydrogens (primary N) is 1. The number of likely N-dealkylation sites (N-methyl/N-ethyl adjacent to an activating group) is 2. The van der Waals surface area contributed by atoms with Crippen molar-refractivity contribution in [3.05, 3.63) is 17.8 Å². The minimum atomic E-state index is -0.113. The number of pyridine rings is 1. The second-order valence-electron chi connectivity index (χ2n) is 3.56. The van der Waals surface area contributed by atoms with Crippen molar-refractivity contribution < 1.29 is 4.79 Å². The fourth-order valence-electron chi connectivity index (χ4n) is 1.40. The third kappa shape index (κ3) is 3.34. The molecule has 0 unspecified atom stereocenters. The number of anilines is 2. The Morgan fingerprint density at radius 3 is 3.00 bits per heavy atom. The first-order valence-electron chi connectivity index (χ1n) is 5.22. The van der Waals surface area contributed by atoms with Crippen LogP contribution in [0.25, 0.3) is 0 Å². The highest BCUT2D eigenvalue weighted by Crippen LogP contribution is 2.17. The van der Waals surface area contributed by atoms with Crippen LogP contribution in [0.3, 0.4) is 0 Å². The summed E-state index contributed by atoms with van der Waals surface area (Å²) in [7, 11) is 1.70. The predicted octanol–water partition coefficient (Wildman–Crippen LogP) is 0.108. The zero-order chi connectivity index (χ0) is 12.8. The molecule has 0 atom stereocenters. The van der Waals surface area contributed by atoms with Gasteiger partial charge in [-0.05, 0) is 13.0 Å². The standard InChI is InChI=1S/C11H15N5O/c1-3-14-10(17)7-16(2)11-8(5-12)4-9(13)6-15-11/h4,6H,3,7,13H2,1-2H3,(H,14,17).